The van der Waals surface area contributed by atoms with Crippen LogP contribution in [0.2, 0.25) is 0 Å². The molecule has 80 heavy (non-hydrogen) atoms. The molecule has 3 unspecified atom stereocenters. The maximum Gasteiger partial charge on any atom is 0.306 e. The largest absolute Gasteiger partial charge is 0.756 e. The van der Waals surface area contributed by atoms with E-state index in [1.807, 2.05) is 33.3 Å². The van der Waals surface area contributed by atoms with E-state index >= 15 is 0 Å². The van der Waals surface area contributed by atoms with Crippen molar-refractivity contribution in [3.63, 3.8) is 0 Å². The van der Waals surface area contributed by atoms with E-state index in [2.05, 4.69) is 111 Å². The molecule has 0 fully saturated rings. The number of allylic oxidation sites excluding steroid dienone is 15. The molecule has 462 valence electrons. The highest BCUT2D eigenvalue weighted by Gasteiger charge is 2.27. The van der Waals surface area contributed by atoms with Gasteiger partial charge in [-0.25, -0.2) is 0 Å². The molecule has 0 rings (SSSR count). The Bertz CT molecular complexity index is 1690. The van der Waals surface area contributed by atoms with Crippen molar-refractivity contribution in [3.05, 3.63) is 97.2 Å². The van der Waals surface area contributed by atoms with Crippen molar-refractivity contribution >= 4 is 19.7 Å². The topological polar surface area (TPSA) is 114 Å². The molecular formula is C70H125N2O7P. The maximum atomic E-state index is 13.6. The summed E-state index contributed by atoms with van der Waals surface area (Å²) in [5, 5.41) is 3.03. The number of ether oxygens (including phenoxy) is 1. The second-order valence-corrected chi connectivity index (χ2v) is 24.7. The molecule has 0 spiro atoms. The molecule has 0 aromatic carbocycles. The summed E-state index contributed by atoms with van der Waals surface area (Å²) >= 11 is 0. The summed E-state index contributed by atoms with van der Waals surface area (Å²) in [5.41, 5.74) is 0. The molecule has 0 aliphatic rings. The summed E-state index contributed by atoms with van der Waals surface area (Å²) in [6.45, 7) is 6.69. The van der Waals surface area contributed by atoms with Gasteiger partial charge in [-0.1, -0.05) is 266 Å². The smallest absolute Gasteiger partial charge is 0.306 e. The van der Waals surface area contributed by atoms with Crippen LogP contribution in [-0.2, 0) is 27.9 Å². The van der Waals surface area contributed by atoms with Crippen LogP contribution in [0.1, 0.15) is 284 Å². The number of hydrogen-bond donors (Lipinski definition) is 1. The van der Waals surface area contributed by atoms with Gasteiger partial charge in [0, 0.05) is 12.8 Å². The third-order valence-electron chi connectivity index (χ3n) is 14.3. The Labute approximate surface area is 494 Å². The monoisotopic (exact) mass is 1140 g/mol. The Hall–Kier alpha value is -3.07. The fourth-order valence-corrected chi connectivity index (χ4v) is 9.91. The van der Waals surface area contributed by atoms with Gasteiger partial charge < -0.3 is 28.5 Å². The fourth-order valence-electron chi connectivity index (χ4n) is 9.19. The normalized spacial score (nSPS) is 14.2. The van der Waals surface area contributed by atoms with Crippen molar-refractivity contribution in [1.82, 2.24) is 5.32 Å². The van der Waals surface area contributed by atoms with E-state index in [1.54, 1.807) is 0 Å². The average Bonchev–Trinajstić information content (AvgIpc) is 3.42. The van der Waals surface area contributed by atoms with Gasteiger partial charge in [-0.2, -0.15) is 0 Å². The lowest BCUT2D eigenvalue weighted by molar-refractivity contribution is -0.870. The summed E-state index contributed by atoms with van der Waals surface area (Å²) in [6.07, 6.45) is 79.5. The molecule has 0 radical (unpaired) electrons. The summed E-state index contributed by atoms with van der Waals surface area (Å²) in [5.74, 6) is -0.558. The van der Waals surface area contributed by atoms with E-state index in [4.69, 9.17) is 13.8 Å². The summed E-state index contributed by atoms with van der Waals surface area (Å²) in [7, 11) is 1.17. The van der Waals surface area contributed by atoms with Crippen molar-refractivity contribution < 1.29 is 37.3 Å². The van der Waals surface area contributed by atoms with Crippen LogP contribution >= 0.6 is 7.82 Å². The molecule has 9 nitrogen and oxygen atoms in total. The minimum absolute atomic E-state index is 0.0284. The molecule has 0 aliphatic carbocycles. The number of carbonyl (C=O) groups is 2. The third-order valence-corrected chi connectivity index (χ3v) is 15.2. The van der Waals surface area contributed by atoms with Crippen LogP contribution in [0.3, 0.4) is 0 Å². The minimum Gasteiger partial charge on any atom is -0.756 e. The van der Waals surface area contributed by atoms with Gasteiger partial charge in [0.1, 0.15) is 19.3 Å². The van der Waals surface area contributed by atoms with E-state index in [1.165, 1.54) is 122 Å². The van der Waals surface area contributed by atoms with Gasteiger partial charge in [0.25, 0.3) is 7.82 Å². The summed E-state index contributed by atoms with van der Waals surface area (Å²) in [6, 6.07) is -0.900. The van der Waals surface area contributed by atoms with Crippen molar-refractivity contribution in [2.24, 2.45) is 0 Å². The quantitative estimate of drug-likeness (QED) is 0.0161. The number of unbranched alkanes of at least 4 members (excludes halogenated alkanes) is 30. The van der Waals surface area contributed by atoms with Gasteiger partial charge in [-0.05, 0) is 102 Å². The number of amides is 1. The summed E-state index contributed by atoms with van der Waals surface area (Å²) in [4.78, 5) is 40.1. The predicted molar refractivity (Wildman–Crippen MR) is 344 cm³/mol. The Morgan fingerprint density at radius 2 is 0.838 bits per heavy atom. The second-order valence-electron chi connectivity index (χ2n) is 23.3. The highest BCUT2D eigenvalue weighted by Crippen LogP contribution is 2.38. The lowest BCUT2D eigenvalue weighted by Crippen LogP contribution is -2.47. The maximum absolute atomic E-state index is 13.6. The van der Waals surface area contributed by atoms with E-state index in [9.17, 15) is 19.0 Å². The zero-order valence-electron chi connectivity index (χ0n) is 52.8. The van der Waals surface area contributed by atoms with Gasteiger partial charge in [-0.3, -0.25) is 14.2 Å². The Morgan fingerprint density at radius 3 is 1.30 bits per heavy atom. The molecule has 0 saturated heterocycles. The van der Waals surface area contributed by atoms with Gasteiger partial charge in [0.15, 0.2) is 0 Å². The van der Waals surface area contributed by atoms with Gasteiger partial charge in [0.2, 0.25) is 5.91 Å². The van der Waals surface area contributed by atoms with Crippen LogP contribution in [0.25, 0.3) is 0 Å². The van der Waals surface area contributed by atoms with Gasteiger partial charge in [-0.15, -0.1) is 0 Å². The Kier molecular flexibility index (Phi) is 56.8. The van der Waals surface area contributed by atoms with Crippen LogP contribution in [0.5, 0.6) is 0 Å². The number of hydrogen-bond acceptors (Lipinski definition) is 7. The fraction of sp³-hybridized carbons (Fsp3) is 0.743. The number of nitrogens with zero attached hydrogens (tertiary/aromatic N) is 1. The number of quaternary nitrogens is 1. The third kappa shape index (κ3) is 59.5. The van der Waals surface area contributed by atoms with E-state index in [0.717, 1.165) is 122 Å². The molecule has 0 bridgehead atoms. The van der Waals surface area contributed by atoms with Gasteiger partial charge in [0.05, 0.1) is 33.8 Å². The predicted octanol–water partition coefficient (Wildman–Crippen LogP) is 20.1. The first-order valence-corrected chi connectivity index (χ1v) is 34.5. The zero-order valence-corrected chi connectivity index (χ0v) is 53.7. The molecule has 0 saturated carbocycles. The molecule has 0 aliphatic heterocycles. The standard InChI is InChI=1S/C70H125N2O7P/c1-7-10-13-16-19-22-25-28-30-31-32-33-34-35-36-37-38-39-40-41-43-44-47-50-53-56-59-62-69(73)71-67(66-78-80(75,76)77-65-64-72(4,5)6)68(61-58-55-52-49-46-27-24-21-18-15-12-9-3)79-70(74)63-60-57-54-51-48-45-42-29-26-23-20-17-14-11-8-2/h10,13,19-20,22-23,26,28-30,32-33,35-36,58,61,67-68H,7-9,11-12,14-18,21,24-25,27,31,34,37-57,59-60,62-66H2,1-6H3,(H-,71,73,75,76)/b13-10-,22-19-,23-20+,29-26+,30-28-,33-32-,36-35-,61-58-. The first-order valence-electron chi connectivity index (χ1n) is 33.1. The van der Waals surface area contributed by atoms with Crippen LogP contribution in [0.4, 0.5) is 0 Å². The molecule has 1 N–H and O–H groups in total. The van der Waals surface area contributed by atoms with E-state index in [0.29, 0.717) is 23.9 Å². The molecule has 1 amide bonds. The van der Waals surface area contributed by atoms with Crippen molar-refractivity contribution in [1.29, 1.82) is 0 Å². The van der Waals surface area contributed by atoms with Gasteiger partial charge >= 0.3 is 5.97 Å². The van der Waals surface area contributed by atoms with Crippen LogP contribution in [0.15, 0.2) is 97.2 Å². The lowest BCUT2D eigenvalue weighted by atomic mass is 10.0. The van der Waals surface area contributed by atoms with Crippen LogP contribution in [-0.4, -0.2) is 69.4 Å². The number of phosphoric acid groups is 1. The average molecular weight is 1140 g/mol. The SMILES string of the molecule is CC/C=C\C/C=C\C/C=C\C/C=C\C/C=C\CCCCCCCCCCCCCC(=O)NC(COP(=O)([O-])OCC[N+](C)(C)C)C(/C=C\CCCCCCCCCCCC)OC(=O)CCCCCCCC/C=C/C=C/CCCCC. The van der Waals surface area contributed by atoms with E-state index < -0.39 is 26.6 Å². The zero-order chi connectivity index (χ0) is 58.6. The minimum atomic E-state index is -4.71. The lowest BCUT2D eigenvalue weighted by Gasteiger charge is -2.30. The number of phosphoric ester groups is 1. The number of esters is 1. The number of carbonyl (C=O) groups excluding carboxylic acids is 2. The number of likely N-dealkylation sites (N-methyl/N-ethyl adjacent to an activating group) is 1. The van der Waals surface area contributed by atoms with Crippen LogP contribution in [0, 0.1) is 0 Å². The molecule has 0 heterocycles. The molecule has 10 heteroatoms. The van der Waals surface area contributed by atoms with Crippen molar-refractivity contribution in [2.45, 2.75) is 296 Å². The van der Waals surface area contributed by atoms with E-state index in [-0.39, 0.29) is 24.9 Å². The summed E-state index contributed by atoms with van der Waals surface area (Å²) < 4.78 is 30.3. The molecular weight excluding hydrogens is 1010 g/mol. The molecule has 0 aromatic heterocycles. The molecule has 0 aromatic rings. The molecule has 3 atom stereocenters. The highest BCUT2D eigenvalue weighted by atomic mass is 31.2. The first kappa shape index (κ1) is 76.9. The first-order chi connectivity index (χ1) is 38.9. The number of nitrogens with one attached hydrogen (secondary N) is 1. The Balaban J connectivity index is 5.10. The highest BCUT2D eigenvalue weighted by molar-refractivity contribution is 7.45. The second kappa shape index (κ2) is 59.1. The number of rotatable bonds is 59. The van der Waals surface area contributed by atoms with Crippen molar-refractivity contribution in [2.75, 3.05) is 40.9 Å². The van der Waals surface area contributed by atoms with Crippen molar-refractivity contribution in [3.8, 4) is 0 Å². The van der Waals surface area contributed by atoms with Crippen LogP contribution < -0.4 is 10.2 Å². The Morgan fingerprint density at radius 1 is 0.463 bits per heavy atom.